The van der Waals surface area contributed by atoms with Crippen molar-refractivity contribution < 1.29 is 4.74 Å². The first-order valence-electron chi connectivity index (χ1n) is 5.82. The lowest BCUT2D eigenvalue weighted by molar-refractivity contribution is 0.271. The Hall–Kier alpha value is -1.42. The molecule has 0 N–H and O–H groups in total. The Labute approximate surface area is 98.8 Å². The van der Waals surface area contributed by atoms with Gasteiger partial charge >= 0.3 is 0 Å². The van der Waals surface area contributed by atoms with Crippen molar-refractivity contribution in [2.45, 2.75) is 27.7 Å². The summed E-state index contributed by atoms with van der Waals surface area (Å²) in [6.07, 6.45) is 0. The van der Waals surface area contributed by atoms with Crippen molar-refractivity contribution in [2.75, 3.05) is 6.61 Å². The number of rotatable bonds is 3. The molecule has 1 aromatic carbocycles. The van der Waals surface area contributed by atoms with Crippen LogP contribution in [0.1, 0.15) is 33.3 Å². The smallest absolute Gasteiger partial charge is 0.119 e. The molecule has 0 aliphatic carbocycles. The zero-order valence-electron chi connectivity index (χ0n) is 10.6. The van der Waals surface area contributed by atoms with Crippen LogP contribution in [0.15, 0.2) is 24.3 Å². The lowest BCUT2D eigenvalue weighted by Crippen LogP contribution is -2.04. The molecular formula is C15H20O. The fourth-order valence-corrected chi connectivity index (χ4v) is 1.13. The Morgan fingerprint density at radius 2 is 1.69 bits per heavy atom. The molecule has 0 amide bonds. The van der Waals surface area contributed by atoms with Crippen LogP contribution in [0.3, 0.4) is 0 Å². The maximum Gasteiger partial charge on any atom is 0.119 e. The summed E-state index contributed by atoms with van der Waals surface area (Å²) in [7, 11) is 0. The molecule has 0 unspecified atom stereocenters. The summed E-state index contributed by atoms with van der Waals surface area (Å²) in [6.45, 7) is 9.22. The first-order valence-corrected chi connectivity index (χ1v) is 5.82. The molecule has 1 nitrogen and oxygen atoms in total. The molecule has 0 aromatic heterocycles. The van der Waals surface area contributed by atoms with Crippen LogP contribution >= 0.6 is 0 Å². The fraction of sp³-hybridized carbons (Fsp3) is 0.467. The van der Waals surface area contributed by atoms with E-state index in [1.807, 2.05) is 24.3 Å². The standard InChI is InChI=1S/C15H20O/c1-12(2)5-6-14-7-9-15(10-8-14)16-11-13(3)4/h7-10,12-13H,11H2,1-4H3. The highest BCUT2D eigenvalue weighted by Gasteiger charge is 1.96. The molecular weight excluding hydrogens is 196 g/mol. The number of hydrogen-bond acceptors (Lipinski definition) is 1. The minimum atomic E-state index is 0.414. The molecule has 0 spiro atoms. The maximum atomic E-state index is 5.60. The third-order valence-electron chi connectivity index (χ3n) is 1.94. The van der Waals surface area contributed by atoms with Gasteiger partial charge in [-0.2, -0.15) is 0 Å². The third kappa shape index (κ3) is 4.89. The average Bonchev–Trinajstić information content (AvgIpc) is 2.25. The molecule has 0 atom stereocenters. The van der Waals surface area contributed by atoms with Crippen molar-refractivity contribution in [2.24, 2.45) is 11.8 Å². The minimum Gasteiger partial charge on any atom is -0.493 e. The fourth-order valence-electron chi connectivity index (χ4n) is 1.13. The molecule has 0 fully saturated rings. The Morgan fingerprint density at radius 1 is 1.06 bits per heavy atom. The van der Waals surface area contributed by atoms with Crippen molar-refractivity contribution in [3.8, 4) is 17.6 Å². The van der Waals surface area contributed by atoms with E-state index in [1.54, 1.807) is 0 Å². The summed E-state index contributed by atoms with van der Waals surface area (Å²) in [5.41, 5.74) is 1.05. The van der Waals surface area contributed by atoms with Crippen molar-refractivity contribution in [3.63, 3.8) is 0 Å². The monoisotopic (exact) mass is 216 g/mol. The zero-order chi connectivity index (χ0) is 12.0. The molecule has 1 heteroatoms. The predicted octanol–water partition coefficient (Wildman–Crippen LogP) is 3.73. The summed E-state index contributed by atoms with van der Waals surface area (Å²) in [5.74, 6) is 8.16. The predicted molar refractivity (Wildman–Crippen MR) is 68.5 cm³/mol. The van der Waals surface area contributed by atoms with E-state index in [0.29, 0.717) is 11.8 Å². The van der Waals surface area contributed by atoms with E-state index >= 15 is 0 Å². The van der Waals surface area contributed by atoms with E-state index in [-0.39, 0.29) is 0 Å². The van der Waals surface area contributed by atoms with Gasteiger partial charge in [-0.05, 0) is 30.2 Å². The molecule has 1 aromatic rings. The molecule has 0 heterocycles. The maximum absolute atomic E-state index is 5.60. The number of benzene rings is 1. The van der Waals surface area contributed by atoms with Gasteiger partial charge in [0.05, 0.1) is 6.61 Å². The van der Waals surface area contributed by atoms with Gasteiger partial charge in [-0.15, -0.1) is 0 Å². The van der Waals surface area contributed by atoms with E-state index in [1.165, 1.54) is 0 Å². The topological polar surface area (TPSA) is 9.23 Å². The summed E-state index contributed by atoms with van der Waals surface area (Å²) in [4.78, 5) is 0. The molecule has 0 aliphatic rings. The molecule has 0 radical (unpaired) electrons. The number of ether oxygens (including phenoxy) is 1. The quantitative estimate of drug-likeness (QED) is 0.699. The third-order valence-corrected chi connectivity index (χ3v) is 1.94. The van der Waals surface area contributed by atoms with Crippen LogP contribution < -0.4 is 4.74 Å². The van der Waals surface area contributed by atoms with E-state index in [4.69, 9.17) is 4.74 Å². The van der Waals surface area contributed by atoms with Gasteiger partial charge in [0.15, 0.2) is 0 Å². The highest BCUT2D eigenvalue weighted by molar-refractivity contribution is 5.38. The average molecular weight is 216 g/mol. The Kier molecular flexibility index (Phi) is 4.92. The molecule has 0 bridgehead atoms. The summed E-state index contributed by atoms with van der Waals surface area (Å²) < 4.78 is 5.60. The van der Waals surface area contributed by atoms with E-state index in [2.05, 4.69) is 39.5 Å². The summed E-state index contributed by atoms with van der Waals surface area (Å²) in [5, 5.41) is 0. The van der Waals surface area contributed by atoms with Gasteiger partial charge < -0.3 is 4.74 Å². The van der Waals surface area contributed by atoms with Gasteiger partial charge in [-0.3, -0.25) is 0 Å². The molecule has 86 valence electrons. The van der Waals surface area contributed by atoms with Gasteiger partial charge in [0.2, 0.25) is 0 Å². The van der Waals surface area contributed by atoms with E-state index in [9.17, 15) is 0 Å². The Balaban J connectivity index is 2.59. The Morgan fingerprint density at radius 3 is 2.19 bits per heavy atom. The molecule has 0 aliphatic heterocycles. The van der Waals surface area contributed by atoms with E-state index < -0.39 is 0 Å². The van der Waals surface area contributed by atoms with Crippen LogP contribution in [0.2, 0.25) is 0 Å². The first kappa shape index (κ1) is 12.6. The van der Waals surface area contributed by atoms with Crippen LogP contribution in [-0.4, -0.2) is 6.61 Å². The second-order valence-corrected chi connectivity index (χ2v) is 4.65. The van der Waals surface area contributed by atoms with Crippen LogP contribution in [-0.2, 0) is 0 Å². The second-order valence-electron chi connectivity index (χ2n) is 4.65. The lowest BCUT2D eigenvalue weighted by Gasteiger charge is -2.08. The van der Waals surface area contributed by atoms with E-state index in [0.717, 1.165) is 17.9 Å². The minimum absolute atomic E-state index is 0.414. The van der Waals surface area contributed by atoms with Gasteiger partial charge in [0.25, 0.3) is 0 Å². The molecule has 16 heavy (non-hydrogen) atoms. The summed E-state index contributed by atoms with van der Waals surface area (Å²) in [6, 6.07) is 7.97. The number of hydrogen-bond donors (Lipinski definition) is 0. The highest BCUT2D eigenvalue weighted by Crippen LogP contribution is 2.12. The summed E-state index contributed by atoms with van der Waals surface area (Å²) >= 11 is 0. The molecule has 1 rings (SSSR count). The Bertz CT molecular complexity index is 363. The second kappa shape index (κ2) is 6.23. The van der Waals surface area contributed by atoms with Crippen molar-refractivity contribution in [1.29, 1.82) is 0 Å². The zero-order valence-corrected chi connectivity index (χ0v) is 10.6. The van der Waals surface area contributed by atoms with Gasteiger partial charge in [0, 0.05) is 11.5 Å². The van der Waals surface area contributed by atoms with Crippen LogP contribution in [0.4, 0.5) is 0 Å². The molecule has 0 saturated heterocycles. The van der Waals surface area contributed by atoms with Crippen molar-refractivity contribution in [3.05, 3.63) is 29.8 Å². The van der Waals surface area contributed by atoms with Crippen molar-refractivity contribution in [1.82, 2.24) is 0 Å². The highest BCUT2D eigenvalue weighted by atomic mass is 16.5. The largest absolute Gasteiger partial charge is 0.493 e. The van der Waals surface area contributed by atoms with Crippen LogP contribution in [0, 0.1) is 23.7 Å². The van der Waals surface area contributed by atoms with Gasteiger partial charge in [0.1, 0.15) is 5.75 Å². The molecule has 0 saturated carbocycles. The van der Waals surface area contributed by atoms with Crippen LogP contribution in [0.5, 0.6) is 5.75 Å². The normalized spacial score (nSPS) is 10.1. The SMILES string of the molecule is CC(C)C#Cc1ccc(OCC(C)C)cc1. The van der Waals surface area contributed by atoms with Gasteiger partial charge in [-0.25, -0.2) is 0 Å². The first-order chi connectivity index (χ1) is 7.58. The lowest BCUT2D eigenvalue weighted by atomic mass is 10.2. The van der Waals surface area contributed by atoms with Crippen LogP contribution in [0.25, 0.3) is 0 Å². The van der Waals surface area contributed by atoms with Crippen molar-refractivity contribution >= 4 is 0 Å². The van der Waals surface area contributed by atoms with Gasteiger partial charge in [-0.1, -0.05) is 39.5 Å².